The highest BCUT2D eigenvalue weighted by Crippen LogP contribution is 2.67. The third-order valence-corrected chi connectivity index (χ3v) is 12.4. The predicted octanol–water partition coefficient (Wildman–Crippen LogP) is -4.34. The minimum absolute atomic E-state index is 0.123. The summed E-state index contributed by atoms with van der Waals surface area (Å²) in [6.45, 7) is -1.97. The number of fused-ring (bicyclic) bond motifs is 2. The van der Waals surface area contributed by atoms with Crippen LogP contribution in [-0.2, 0) is 40.8 Å². The van der Waals surface area contributed by atoms with Crippen molar-refractivity contribution >= 4 is 64.9 Å². The topological polar surface area (TPSA) is 407 Å². The Labute approximate surface area is 282 Å². The number of nitrogens with zero attached hydrogens (tertiary/aromatic N) is 6. The maximum Gasteiger partial charge on any atom is 0.478 e. The molecule has 0 saturated carbocycles. The zero-order chi connectivity index (χ0) is 37.2. The minimum Gasteiger partial charge on any atom is -0.387 e. The number of nitrogen functional groups attached to an aromatic ring is 2. The van der Waals surface area contributed by atoms with Crippen LogP contribution in [0.1, 0.15) is 12.5 Å². The fraction of sp³-hybridized carbons (Fsp3) is 0.500. The Balaban J connectivity index is 1.04. The van der Waals surface area contributed by atoms with Gasteiger partial charge < -0.3 is 51.2 Å². The third kappa shape index (κ3) is 7.57. The second-order valence-corrected chi connectivity index (χ2v) is 16.3. The largest absolute Gasteiger partial charge is 0.478 e. The van der Waals surface area contributed by atoms with E-state index in [1.54, 1.807) is 0 Å². The molecule has 6 rings (SSSR count). The summed E-state index contributed by atoms with van der Waals surface area (Å²) < 4.78 is 69.6. The molecule has 51 heavy (non-hydrogen) atoms. The molecule has 6 heterocycles. The number of aliphatic hydroxyl groups is 4. The highest BCUT2D eigenvalue weighted by atomic mass is 31.3. The van der Waals surface area contributed by atoms with Crippen LogP contribution in [0.4, 0.5) is 11.9 Å². The van der Waals surface area contributed by atoms with Gasteiger partial charge in [-0.25, -0.2) is 27.7 Å². The van der Waals surface area contributed by atoms with Crippen LogP contribution in [0.2, 0.25) is 0 Å². The summed E-state index contributed by atoms with van der Waals surface area (Å²) in [4.78, 5) is 64.4. The van der Waals surface area contributed by atoms with Gasteiger partial charge in [-0.1, -0.05) is 0 Å². The summed E-state index contributed by atoms with van der Waals surface area (Å²) in [5.41, 5.74) is 9.11. The van der Waals surface area contributed by atoms with Crippen molar-refractivity contribution in [2.75, 3.05) is 24.7 Å². The number of aromatic amines is 2. The Hall–Kier alpha value is -3.43. The van der Waals surface area contributed by atoms with Gasteiger partial charge in [0.25, 0.3) is 26.2 Å². The Morgan fingerprint density at radius 2 is 1.12 bits per heavy atom. The smallest absolute Gasteiger partial charge is 0.387 e. The lowest BCUT2D eigenvalue weighted by Gasteiger charge is -2.22. The number of rotatable bonds is 12. The van der Waals surface area contributed by atoms with Crippen molar-refractivity contribution in [3.8, 4) is 0 Å². The van der Waals surface area contributed by atoms with Crippen molar-refractivity contribution in [2.45, 2.75) is 49.1 Å². The predicted molar refractivity (Wildman–Crippen MR) is 167 cm³/mol. The van der Waals surface area contributed by atoms with E-state index in [4.69, 9.17) is 30.0 Å². The Morgan fingerprint density at radius 3 is 1.49 bits per heavy atom. The fourth-order valence-electron chi connectivity index (χ4n) is 5.22. The molecule has 0 aromatic carbocycles. The molecule has 5 unspecified atom stereocenters. The zero-order valence-corrected chi connectivity index (χ0v) is 28.2. The van der Waals surface area contributed by atoms with Crippen molar-refractivity contribution in [3.63, 3.8) is 0 Å². The van der Waals surface area contributed by atoms with Crippen LogP contribution in [0.15, 0.2) is 22.2 Å². The number of phosphoric acid groups is 2. The monoisotopic (exact) mass is 784 g/mol. The average Bonchev–Trinajstić information content (AvgIpc) is 3.76. The number of imidazole rings is 2. The number of hydrogen-bond acceptors (Lipinski definition) is 21. The van der Waals surface area contributed by atoms with Crippen LogP contribution >= 0.6 is 23.1 Å². The fourth-order valence-corrected chi connectivity index (χ4v) is 9.66. The van der Waals surface area contributed by atoms with E-state index in [0.717, 1.165) is 21.8 Å². The molecule has 4 aromatic heterocycles. The van der Waals surface area contributed by atoms with E-state index < -0.39 is 96.5 Å². The van der Waals surface area contributed by atoms with E-state index in [1.807, 2.05) is 0 Å². The second kappa shape index (κ2) is 13.5. The summed E-state index contributed by atoms with van der Waals surface area (Å²) >= 11 is 0. The number of H-pyrrole nitrogens is 2. The SMILES string of the molecule is BP(=O)(OP(=O)(O)OC[C@H]1O[C@@H](n2cnc3c(=O)[nH]c(N)nc32)[C@@H](O)C1O)OP(=O)(O)OC[C@H]1O[C@@H](n2cnc3c(=O)[nH]c(N)nc32)C(O)[C@H]1O. The number of anilines is 2. The molecule has 0 amide bonds. The first-order valence-electron chi connectivity index (χ1n) is 14.2. The Morgan fingerprint density at radius 1 is 0.745 bits per heavy atom. The molecule has 12 N–H and O–H groups in total. The standard InChI is InChI=1S/C20H28BN10O17P3/c21-49(38,47-50(39,40)43-1-5-9(32)11(34)17(45-5)30-3-24-7-13(30)26-19(22)28-15(7)36)48-51(41,42)44-2-6-10(33)12(35)18(46-6)31-4-25-8-14(31)27-20(23)29-16(8)37/h3-6,9-12,17-18,32-35H,1-2,21H2,(H,39,40)(H,41,42)(H3,22,26,28,36)(H3,23,27,29,37)/t5-,6-,9+,10?,11?,12+,17-,18-,49?/m1/s1. The minimum atomic E-state index is -5.44. The summed E-state index contributed by atoms with van der Waals surface area (Å²) in [6, 6.07) is 0. The highest BCUT2D eigenvalue weighted by Gasteiger charge is 2.48. The number of ether oxygens (including phenoxy) is 2. The van der Waals surface area contributed by atoms with Gasteiger partial charge in [0, 0.05) is 0 Å². The lowest BCUT2D eigenvalue weighted by Crippen LogP contribution is -2.33. The number of aliphatic hydroxyl groups excluding tert-OH is 4. The summed E-state index contributed by atoms with van der Waals surface area (Å²) in [5, 5.41) is 42.0. The first kappa shape index (κ1) is 37.3. The first-order valence-corrected chi connectivity index (χ1v) is 19.2. The van der Waals surface area contributed by atoms with Crippen molar-refractivity contribution in [1.82, 2.24) is 39.0 Å². The summed E-state index contributed by atoms with van der Waals surface area (Å²) in [6.07, 6.45) is -10.8. The molecule has 0 spiro atoms. The maximum atomic E-state index is 12.8. The van der Waals surface area contributed by atoms with E-state index >= 15 is 0 Å². The summed E-state index contributed by atoms with van der Waals surface area (Å²) in [5.74, 6) is -0.575. The lowest BCUT2D eigenvalue weighted by atomic mass is 10.1. The third-order valence-electron chi connectivity index (χ3n) is 7.43. The summed E-state index contributed by atoms with van der Waals surface area (Å²) in [7, 11) is -15.4. The molecule has 4 aromatic rings. The van der Waals surface area contributed by atoms with Gasteiger partial charge in [-0.15, -0.1) is 0 Å². The van der Waals surface area contributed by atoms with E-state index in [9.17, 15) is 53.5 Å². The number of nitrogens with one attached hydrogen (secondary N) is 2. The normalized spacial score (nSPS) is 30.4. The lowest BCUT2D eigenvalue weighted by molar-refractivity contribution is -0.0506. The van der Waals surface area contributed by atoms with Gasteiger partial charge in [-0.05, 0) is 0 Å². The molecule has 0 aliphatic carbocycles. The van der Waals surface area contributed by atoms with Crippen LogP contribution < -0.4 is 22.6 Å². The van der Waals surface area contributed by atoms with Crippen molar-refractivity contribution in [3.05, 3.63) is 33.4 Å². The first-order chi connectivity index (χ1) is 23.8. The number of phosphoric ester groups is 2. The Bertz CT molecular complexity index is 2080. The van der Waals surface area contributed by atoms with Gasteiger partial charge in [0.1, 0.15) is 36.6 Å². The van der Waals surface area contributed by atoms with Crippen LogP contribution in [0.25, 0.3) is 22.3 Å². The molecule has 0 radical (unpaired) electrons. The van der Waals surface area contributed by atoms with Crippen molar-refractivity contribution in [2.24, 2.45) is 0 Å². The molecule has 278 valence electrons. The maximum absolute atomic E-state index is 12.8. The van der Waals surface area contributed by atoms with Crippen molar-refractivity contribution in [1.29, 1.82) is 0 Å². The number of hydrogen-bond donors (Lipinski definition) is 10. The molecule has 2 aliphatic rings. The highest BCUT2D eigenvalue weighted by molar-refractivity contribution is 7.86. The van der Waals surface area contributed by atoms with E-state index in [0.29, 0.717) is 7.57 Å². The van der Waals surface area contributed by atoms with Crippen LogP contribution in [0.5, 0.6) is 0 Å². The number of nitrogens with two attached hydrogens (primary N) is 2. The van der Waals surface area contributed by atoms with Crippen LogP contribution in [0.3, 0.4) is 0 Å². The van der Waals surface area contributed by atoms with Crippen LogP contribution in [0, 0.1) is 0 Å². The molecule has 2 aliphatic heterocycles. The molecule has 27 nitrogen and oxygen atoms in total. The molecule has 2 fully saturated rings. The quantitative estimate of drug-likeness (QED) is 0.0479. The number of aromatic nitrogens is 8. The van der Waals surface area contributed by atoms with Gasteiger partial charge in [0.2, 0.25) is 11.9 Å². The second-order valence-electron chi connectivity index (χ2n) is 11.1. The zero-order valence-electron chi connectivity index (χ0n) is 25.5. The molecule has 0 bridgehead atoms. The molecular formula is C20H28BN10O17P3. The van der Waals surface area contributed by atoms with Gasteiger partial charge in [0.05, 0.1) is 25.9 Å². The van der Waals surface area contributed by atoms with Crippen molar-refractivity contribution < 1.29 is 71.1 Å². The van der Waals surface area contributed by atoms with Crippen LogP contribution in [-0.4, -0.2) is 127 Å². The van der Waals surface area contributed by atoms with E-state index in [1.165, 1.54) is 0 Å². The molecular weight excluding hydrogens is 756 g/mol. The molecule has 11 atom stereocenters. The molecule has 2 saturated heterocycles. The van der Waals surface area contributed by atoms with Gasteiger partial charge in [-0.3, -0.25) is 42.3 Å². The van der Waals surface area contributed by atoms with E-state index in [-0.39, 0.29) is 34.2 Å². The van der Waals surface area contributed by atoms with Gasteiger partial charge >= 0.3 is 15.6 Å². The Kier molecular flexibility index (Phi) is 9.90. The van der Waals surface area contributed by atoms with Gasteiger partial charge in [-0.2, -0.15) is 9.97 Å². The molecule has 31 heteroatoms. The van der Waals surface area contributed by atoms with Gasteiger partial charge in [0.15, 0.2) is 34.8 Å². The van der Waals surface area contributed by atoms with E-state index in [2.05, 4.69) is 38.5 Å². The average molecular weight is 784 g/mol.